The molecule has 0 saturated heterocycles. The number of rotatable bonds is 8. The average Bonchev–Trinajstić information content (AvgIpc) is 3.17. The number of hydrogen-bond acceptors (Lipinski definition) is 7. The van der Waals surface area contributed by atoms with Gasteiger partial charge in [0.15, 0.2) is 11.0 Å². The van der Waals surface area contributed by atoms with Gasteiger partial charge in [0.2, 0.25) is 5.91 Å². The molecule has 0 spiro atoms. The van der Waals surface area contributed by atoms with Crippen LogP contribution in [0.5, 0.6) is 5.75 Å². The van der Waals surface area contributed by atoms with E-state index in [0.29, 0.717) is 29.0 Å². The summed E-state index contributed by atoms with van der Waals surface area (Å²) in [5.74, 6) is 1.07. The van der Waals surface area contributed by atoms with E-state index in [-0.39, 0.29) is 11.6 Å². The van der Waals surface area contributed by atoms with Crippen LogP contribution in [-0.2, 0) is 11.3 Å². The molecular formula is C21H23N5O4S. The lowest BCUT2D eigenvalue weighted by atomic mass is 10.2. The summed E-state index contributed by atoms with van der Waals surface area (Å²) in [6.07, 6.45) is 0. The van der Waals surface area contributed by atoms with Gasteiger partial charge in [0.25, 0.3) is 5.69 Å². The third-order valence-corrected chi connectivity index (χ3v) is 5.80. The second-order valence-electron chi connectivity index (χ2n) is 6.76. The fourth-order valence-electron chi connectivity index (χ4n) is 2.99. The van der Waals surface area contributed by atoms with Crippen LogP contribution in [0.1, 0.15) is 19.4 Å². The number of carbonyl (C=O) groups excluding carboxylic acids is 1. The van der Waals surface area contributed by atoms with Gasteiger partial charge in [-0.25, -0.2) is 0 Å². The quantitative estimate of drug-likeness (QED) is 0.315. The number of methoxy groups -OCH3 is 1. The highest BCUT2D eigenvalue weighted by Crippen LogP contribution is 2.32. The number of nitro groups is 1. The first-order valence-electron chi connectivity index (χ1n) is 9.64. The van der Waals surface area contributed by atoms with Crippen LogP contribution in [0.15, 0.2) is 47.6 Å². The Morgan fingerprint density at radius 2 is 2.03 bits per heavy atom. The van der Waals surface area contributed by atoms with Gasteiger partial charge in [0, 0.05) is 18.7 Å². The first-order valence-corrected chi connectivity index (χ1v) is 10.5. The van der Waals surface area contributed by atoms with E-state index in [4.69, 9.17) is 4.74 Å². The largest absolute Gasteiger partial charge is 0.496 e. The highest BCUT2D eigenvalue weighted by atomic mass is 32.2. The zero-order chi connectivity index (χ0) is 22.5. The van der Waals surface area contributed by atoms with Crippen molar-refractivity contribution in [3.63, 3.8) is 0 Å². The number of aromatic nitrogens is 3. The van der Waals surface area contributed by atoms with Crippen molar-refractivity contribution in [1.29, 1.82) is 0 Å². The molecule has 1 heterocycles. The van der Waals surface area contributed by atoms with Gasteiger partial charge < -0.3 is 14.6 Å². The molecule has 2 aromatic carbocycles. The van der Waals surface area contributed by atoms with Crippen LogP contribution < -0.4 is 10.1 Å². The first kappa shape index (κ1) is 22.3. The van der Waals surface area contributed by atoms with Crippen molar-refractivity contribution in [2.45, 2.75) is 37.7 Å². The van der Waals surface area contributed by atoms with Crippen LogP contribution in [0.2, 0.25) is 0 Å². The highest BCUT2D eigenvalue weighted by molar-refractivity contribution is 8.00. The van der Waals surface area contributed by atoms with Gasteiger partial charge in [-0.1, -0.05) is 30.0 Å². The van der Waals surface area contributed by atoms with E-state index >= 15 is 0 Å². The monoisotopic (exact) mass is 441 g/mol. The molecule has 0 saturated carbocycles. The van der Waals surface area contributed by atoms with Crippen LogP contribution in [0, 0.1) is 17.0 Å². The summed E-state index contributed by atoms with van der Waals surface area (Å²) in [6, 6.07) is 11.9. The maximum Gasteiger partial charge on any atom is 0.271 e. The lowest BCUT2D eigenvalue weighted by Crippen LogP contribution is -2.23. The Labute approximate surface area is 184 Å². The van der Waals surface area contributed by atoms with Gasteiger partial charge in [-0.3, -0.25) is 14.9 Å². The molecule has 0 aliphatic carbocycles. The third-order valence-electron chi connectivity index (χ3n) is 4.72. The van der Waals surface area contributed by atoms with Crippen LogP contribution in [0.25, 0.3) is 11.4 Å². The summed E-state index contributed by atoms with van der Waals surface area (Å²) in [5.41, 5.74) is 1.90. The maximum atomic E-state index is 12.7. The summed E-state index contributed by atoms with van der Waals surface area (Å²) < 4.78 is 7.35. The number of anilines is 1. The van der Waals surface area contributed by atoms with Crippen molar-refractivity contribution in [2.24, 2.45) is 0 Å². The number of ether oxygens (including phenoxy) is 1. The second kappa shape index (κ2) is 9.61. The van der Waals surface area contributed by atoms with Crippen LogP contribution >= 0.6 is 11.8 Å². The summed E-state index contributed by atoms with van der Waals surface area (Å²) in [5, 5.41) is 22.5. The first-order chi connectivity index (χ1) is 14.8. The minimum atomic E-state index is -0.501. The van der Waals surface area contributed by atoms with Crippen molar-refractivity contribution in [3.05, 3.63) is 58.1 Å². The van der Waals surface area contributed by atoms with Gasteiger partial charge >= 0.3 is 0 Å². The number of amides is 1. The highest BCUT2D eigenvalue weighted by Gasteiger charge is 2.22. The van der Waals surface area contributed by atoms with Crippen LogP contribution in [-0.4, -0.2) is 38.0 Å². The number of para-hydroxylation sites is 1. The molecule has 3 aromatic rings. The van der Waals surface area contributed by atoms with Gasteiger partial charge in [0.05, 0.1) is 28.5 Å². The Morgan fingerprint density at radius 3 is 2.71 bits per heavy atom. The van der Waals surface area contributed by atoms with E-state index in [0.717, 1.165) is 11.1 Å². The summed E-state index contributed by atoms with van der Waals surface area (Å²) in [4.78, 5) is 23.3. The standard InChI is InChI=1S/C21H23N5O4S/c1-5-25-19(16-8-6-7-9-18(16)30-4)23-24-21(25)31-14(3)20(27)22-17-12-15(26(28)29)11-10-13(17)2/h6-12,14H,5H2,1-4H3,(H,22,27)/t14-/m0/s1. The number of non-ortho nitro benzene ring substituents is 1. The molecule has 3 rings (SSSR count). The van der Waals surface area contributed by atoms with Gasteiger partial charge in [-0.2, -0.15) is 0 Å². The molecule has 1 amide bonds. The number of thioether (sulfide) groups is 1. The van der Waals surface area contributed by atoms with Gasteiger partial charge in [0.1, 0.15) is 5.75 Å². The third kappa shape index (κ3) is 4.85. The maximum absolute atomic E-state index is 12.7. The summed E-state index contributed by atoms with van der Waals surface area (Å²) in [7, 11) is 1.60. The Bertz CT molecular complexity index is 1110. The van der Waals surface area contributed by atoms with E-state index in [9.17, 15) is 14.9 Å². The fourth-order valence-corrected chi connectivity index (χ4v) is 3.91. The number of nitro benzene ring substituents is 1. The second-order valence-corrected chi connectivity index (χ2v) is 8.06. The van der Waals surface area contributed by atoms with E-state index in [2.05, 4.69) is 15.5 Å². The van der Waals surface area contributed by atoms with Crippen molar-refractivity contribution in [1.82, 2.24) is 14.8 Å². The van der Waals surface area contributed by atoms with Crippen molar-refractivity contribution < 1.29 is 14.5 Å². The van der Waals surface area contributed by atoms with Crippen molar-refractivity contribution >= 4 is 29.0 Å². The molecule has 1 atom stereocenters. The zero-order valence-corrected chi connectivity index (χ0v) is 18.5. The lowest BCUT2D eigenvalue weighted by Gasteiger charge is -2.14. The molecule has 0 unspecified atom stereocenters. The lowest BCUT2D eigenvalue weighted by molar-refractivity contribution is -0.384. The van der Waals surface area contributed by atoms with E-state index in [1.165, 1.54) is 23.9 Å². The zero-order valence-electron chi connectivity index (χ0n) is 17.7. The van der Waals surface area contributed by atoms with Gasteiger partial charge in [-0.05, 0) is 38.5 Å². The van der Waals surface area contributed by atoms with E-state index < -0.39 is 10.2 Å². The summed E-state index contributed by atoms with van der Waals surface area (Å²) >= 11 is 1.27. The predicted octanol–water partition coefficient (Wildman–Crippen LogP) is 4.31. The molecule has 0 aliphatic rings. The average molecular weight is 442 g/mol. The fraction of sp³-hybridized carbons (Fsp3) is 0.286. The topological polar surface area (TPSA) is 112 Å². The molecule has 1 aromatic heterocycles. The van der Waals surface area contributed by atoms with E-state index in [1.54, 1.807) is 27.0 Å². The van der Waals surface area contributed by atoms with Crippen LogP contribution in [0.4, 0.5) is 11.4 Å². The molecule has 1 N–H and O–H groups in total. The molecule has 0 radical (unpaired) electrons. The molecule has 162 valence electrons. The minimum Gasteiger partial charge on any atom is -0.496 e. The Kier molecular flexibility index (Phi) is 6.91. The number of aryl methyl sites for hydroxylation is 1. The molecule has 0 fully saturated rings. The minimum absolute atomic E-state index is 0.0756. The Balaban J connectivity index is 1.80. The van der Waals surface area contributed by atoms with E-state index in [1.807, 2.05) is 35.8 Å². The number of nitrogens with zero attached hydrogens (tertiary/aromatic N) is 4. The molecule has 0 aliphatic heterocycles. The molecule has 0 bridgehead atoms. The van der Waals surface area contributed by atoms with Crippen molar-refractivity contribution in [2.75, 3.05) is 12.4 Å². The number of hydrogen-bond donors (Lipinski definition) is 1. The van der Waals surface area contributed by atoms with Crippen molar-refractivity contribution in [3.8, 4) is 17.1 Å². The normalized spacial score (nSPS) is 11.7. The Hall–Kier alpha value is -3.40. The molecule has 31 heavy (non-hydrogen) atoms. The predicted molar refractivity (Wildman–Crippen MR) is 119 cm³/mol. The van der Waals surface area contributed by atoms with Gasteiger partial charge in [-0.15, -0.1) is 10.2 Å². The Morgan fingerprint density at radius 1 is 1.29 bits per heavy atom. The smallest absolute Gasteiger partial charge is 0.271 e. The summed E-state index contributed by atoms with van der Waals surface area (Å²) in [6.45, 7) is 6.12. The molecular weight excluding hydrogens is 418 g/mol. The number of carbonyl (C=O) groups is 1. The SMILES string of the molecule is CCn1c(S[C@@H](C)C(=O)Nc2cc([N+](=O)[O-])ccc2C)nnc1-c1ccccc1OC. The number of benzene rings is 2. The molecule has 10 heteroatoms. The molecule has 9 nitrogen and oxygen atoms in total. The van der Waals surface area contributed by atoms with Crippen LogP contribution in [0.3, 0.4) is 0 Å². The number of nitrogens with one attached hydrogen (secondary N) is 1.